The lowest BCUT2D eigenvalue weighted by atomic mass is 9.95. The Morgan fingerprint density at radius 2 is 1.73 bits per heavy atom. The van der Waals surface area contributed by atoms with Crippen molar-refractivity contribution in [2.75, 3.05) is 25.0 Å². The molecule has 0 unspecified atom stereocenters. The van der Waals surface area contributed by atoms with Crippen LogP contribution in [0.5, 0.6) is 0 Å². The van der Waals surface area contributed by atoms with Gasteiger partial charge >= 0.3 is 0 Å². The van der Waals surface area contributed by atoms with Crippen LogP contribution in [0, 0.1) is 0 Å². The van der Waals surface area contributed by atoms with Gasteiger partial charge in [-0.2, -0.15) is 0 Å². The number of carbonyl (C=O) groups is 1. The molecule has 0 aromatic heterocycles. The summed E-state index contributed by atoms with van der Waals surface area (Å²) in [5, 5.41) is 2.88. The van der Waals surface area contributed by atoms with Gasteiger partial charge in [-0.1, -0.05) is 30.3 Å². The Morgan fingerprint density at radius 3 is 2.31 bits per heavy atom. The van der Waals surface area contributed by atoms with E-state index in [2.05, 4.69) is 10.0 Å². The third-order valence-corrected chi connectivity index (χ3v) is 5.92. The fourth-order valence-electron chi connectivity index (χ4n) is 2.88. The average Bonchev–Trinajstić information content (AvgIpc) is 3.45. The summed E-state index contributed by atoms with van der Waals surface area (Å²) in [5.74, 6) is -0.00725. The van der Waals surface area contributed by atoms with Crippen molar-refractivity contribution in [2.24, 2.45) is 0 Å². The molecule has 3 rings (SSSR count). The predicted octanol–water partition coefficient (Wildman–Crippen LogP) is 2.28. The number of sulfonamides is 1. The van der Waals surface area contributed by atoms with E-state index in [9.17, 15) is 13.2 Å². The number of nitrogens with one attached hydrogen (secondary N) is 2. The minimum atomic E-state index is -3.62. The number of ether oxygens (including phenoxy) is 1. The number of hydrogen-bond donors (Lipinski definition) is 2. The highest BCUT2D eigenvalue weighted by molar-refractivity contribution is 7.92. The largest absolute Gasteiger partial charge is 0.383 e. The third-order valence-electron chi connectivity index (χ3n) is 4.52. The molecule has 138 valence electrons. The van der Waals surface area contributed by atoms with Crippen molar-refractivity contribution in [1.29, 1.82) is 0 Å². The number of carbonyl (C=O) groups excluding carboxylic acids is 1. The number of rotatable bonds is 8. The molecule has 2 aromatic carbocycles. The van der Waals surface area contributed by atoms with E-state index >= 15 is 0 Å². The standard InChI is InChI=1S/C19H22N2O4S/c1-25-14-13-20-18(22)19(11-12-19)15-7-9-16(10-8-15)21-26(23,24)17-5-3-2-4-6-17/h2-10,21H,11-14H2,1H3,(H,20,22). The van der Waals surface area contributed by atoms with Gasteiger partial charge < -0.3 is 10.1 Å². The van der Waals surface area contributed by atoms with Crippen LogP contribution in [0.3, 0.4) is 0 Å². The van der Waals surface area contributed by atoms with E-state index in [1.165, 1.54) is 0 Å². The van der Waals surface area contributed by atoms with Gasteiger partial charge in [-0.15, -0.1) is 0 Å². The third kappa shape index (κ3) is 3.89. The van der Waals surface area contributed by atoms with Crippen molar-refractivity contribution >= 4 is 21.6 Å². The first-order chi connectivity index (χ1) is 12.5. The monoisotopic (exact) mass is 374 g/mol. The predicted molar refractivity (Wildman–Crippen MR) is 99.5 cm³/mol. The molecule has 0 aliphatic heterocycles. The Kier molecular flexibility index (Phi) is 5.29. The van der Waals surface area contributed by atoms with Crippen molar-refractivity contribution in [2.45, 2.75) is 23.2 Å². The maximum absolute atomic E-state index is 12.4. The molecule has 0 saturated heterocycles. The molecule has 0 spiro atoms. The van der Waals surface area contributed by atoms with Gasteiger partial charge in [0.05, 0.1) is 16.9 Å². The molecule has 1 fully saturated rings. The van der Waals surface area contributed by atoms with Crippen LogP contribution in [0.15, 0.2) is 59.5 Å². The lowest BCUT2D eigenvalue weighted by Gasteiger charge is -2.16. The molecular formula is C19H22N2O4S. The van der Waals surface area contributed by atoms with Crippen LogP contribution in [0.1, 0.15) is 18.4 Å². The Balaban J connectivity index is 1.70. The van der Waals surface area contributed by atoms with Gasteiger partial charge in [0.15, 0.2) is 0 Å². The summed E-state index contributed by atoms with van der Waals surface area (Å²) < 4.78 is 32.2. The zero-order chi connectivity index (χ0) is 18.6. The van der Waals surface area contributed by atoms with Gasteiger partial charge in [0.1, 0.15) is 0 Å². The highest BCUT2D eigenvalue weighted by Crippen LogP contribution is 2.48. The van der Waals surface area contributed by atoms with E-state index in [-0.39, 0.29) is 10.8 Å². The van der Waals surface area contributed by atoms with Crippen molar-refractivity contribution in [3.05, 3.63) is 60.2 Å². The van der Waals surface area contributed by atoms with Crippen LogP contribution >= 0.6 is 0 Å². The molecule has 0 heterocycles. The summed E-state index contributed by atoms with van der Waals surface area (Å²) in [5.41, 5.74) is 0.869. The fraction of sp³-hybridized carbons (Fsp3) is 0.316. The molecule has 0 bridgehead atoms. The summed E-state index contributed by atoms with van der Waals surface area (Å²) >= 11 is 0. The molecule has 0 atom stereocenters. The highest BCUT2D eigenvalue weighted by Gasteiger charge is 2.51. The van der Waals surface area contributed by atoms with Crippen molar-refractivity contribution in [3.63, 3.8) is 0 Å². The van der Waals surface area contributed by atoms with Gasteiger partial charge in [-0.05, 0) is 42.7 Å². The number of amides is 1. The molecule has 6 nitrogen and oxygen atoms in total. The Hall–Kier alpha value is -2.38. The van der Waals surface area contributed by atoms with Crippen LogP contribution in [-0.4, -0.2) is 34.6 Å². The van der Waals surface area contributed by atoms with E-state index in [1.54, 1.807) is 49.6 Å². The number of methoxy groups -OCH3 is 1. The van der Waals surface area contributed by atoms with Gasteiger partial charge in [-0.3, -0.25) is 9.52 Å². The van der Waals surface area contributed by atoms with Crippen LogP contribution < -0.4 is 10.0 Å². The molecule has 1 aliphatic rings. The second-order valence-corrected chi connectivity index (χ2v) is 8.01. The summed E-state index contributed by atoms with van der Waals surface area (Å²) in [7, 11) is -2.03. The second kappa shape index (κ2) is 7.47. The molecular weight excluding hydrogens is 352 g/mol. The highest BCUT2D eigenvalue weighted by atomic mass is 32.2. The van der Waals surface area contributed by atoms with Gasteiger partial charge in [0, 0.05) is 19.3 Å². The lowest BCUT2D eigenvalue weighted by molar-refractivity contribution is -0.123. The van der Waals surface area contributed by atoms with E-state index < -0.39 is 15.4 Å². The van der Waals surface area contributed by atoms with Crippen LogP contribution in [0.25, 0.3) is 0 Å². The minimum absolute atomic E-state index is 0.00725. The van der Waals surface area contributed by atoms with Crippen LogP contribution in [0.4, 0.5) is 5.69 Å². The quantitative estimate of drug-likeness (QED) is 0.695. The summed E-state index contributed by atoms with van der Waals surface area (Å²) in [6.07, 6.45) is 1.59. The average molecular weight is 374 g/mol. The maximum Gasteiger partial charge on any atom is 0.261 e. The molecule has 0 radical (unpaired) electrons. The zero-order valence-electron chi connectivity index (χ0n) is 14.6. The summed E-state index contributed by atoms with van der Waals surface area (Å²) in [6, 6.07) is 15.2. The Morgan fingerprint density at radius 1 is 1.08 bits per heavy atom. The number of benzene rings is 2. The lowest BCUT2D eigenvalue weighted by Crippen LogP contribution is -2.36. The first-order valence-electron chi connectivity index (χ1n) is 8.44. The van der Waals surface area contributed by atoms with Crippen LogP contribution in [-0.2, 0) is 25.0 Å². The number of anilines is 1. The number of hydrogen-bond acceptors (Lipinski definition) is 4. The Bertz CT molecular complexity index is 860. The molecule has 1 saturated carbocycles. The van der Waals surface area contributed by atoms with Crippen molar-refractivity contribution < 1.29 is 17.9 Å². The molecule has 1 amide bonds. The molecule has 1 aliphatic carbocycles. The molecule has 2 N–H and O–H groups in total. The van der Waals surface area contributed by atoms with E-state index in [0.29, 0.717) is 18.8 Å². The SMILES string of the molecule is COCCNC(=O)C1(c2ccc(NS(=O)(=O)c3ccccc3)cc2)CC1. The first kappa shape index (κ1) is 18.4. The van der Waals surface area contributed by atoms with Crippen molar-refractivity contribution in [3.8, 4) is 0 Å². The smallest absolute Gasteiger partial charge is 0.261 e. The van der Waals surface area contributed by atoms with Gasteiger partial charge in [-0.25, -0.2) is 8.42 Å². The normalized spacial score (nSPS) is 15.3. The first-order valence-corrected chi connectivity index (χ1v) is 9.92. The van der Waals surface area contributed by atoms with Crippen LogP contribution in [0.2, 0.25) is 0 Å². The minimum Gasteiger partial charge on any atom is -0.383 e. The zero-order valence-corrected chi connectivity index (χ0v) is 15.4. The Labute approximate surface area is 153 Å². The molecule has 26 heavy (non-hydrogen) atoms. The molecule has 7 heteroatoms. The second-order valence-electron chi connectivity index (χ2n) is 6.33. The topological polar surface area (TPSA) is 84.5 Å². The molecule has 2 aromatic rings. The van der Waals surface area contributed by atoms with E-state index in [4.69, 9.17) is 4.74 Å². The van der Waals surface area contributed by atoms with Crippen molar-refractivity contribution in [1.82, 2.24) is 5.32 Å². The summed E-state index contributed by atoms with van der Waals surface area (Å²) in [6.45, 7) is 0.952. The van der Waals surface area contributed by atoms with E-state index in [1.807, 2.05) is 12.1 Å². The summed E-state index contributed by atoms with van der Waals surface area (Å²) in [4.78, 5) is 12.6. The van der Waals surface area contributed by atoms with Gasteiger partial charge in [0.25, 0.3) is 10.0 Å². The fourth-order valence-corrected chi connectivity index (χ4v) is 3.96. The van der Waals surface area contributed by atoms with Gasteiger partial charge in [0.2, 0.25) is 5.91 Å². The van der Waals surface area contributed by atoms with E-state index in [0.717, 1.165) is 18.4 Å². The maximum atomic E-state index is 12.4.